The van der Waals surface area contributed by atoms with E-state index >= 15 is 0 Å². The van der Waals surface area contributed by atoms with E-state index in [2.05, 4.69) is 20.8 Å². The summed E-state index contributed by atoms with van der Waals surface area (Å²) in [7, 11) is 1.73. The Morgan fingerprint density at radius 3 is 2.64 bits per heavy atom. The molecule has 0 saturated heterocycles. The highest BCUT2D eigenvalue weighted by molar-refractivity contribution is 6.43. The number of rotatable bonds is 3. The van der Waals surface area contributed by atoms with Crippen LogP contribution in [-0.2, 0) is 16.6 Å². The third-order valence-corrected chi connectivity index (χ3v) is 3.72. The lowest BCUT2D eigenvalue weighted by atomic mass is 10.3. The molecule has 2 amide bonds. The molecule has 0 bridgehead atoms. The number of anilines is 2. The van der Waals surface area contributed by atoms with Crippen molar-refractivity contribution >= 4 is 23.3 Å². The van der Waals surface area contributed by atoms with Crippen LogP contribution in [0.1, 0.15) is 31.7 Å². The van der Waals surface area contributed by atoms with E-state index in [4.69, 9.17) is 0 Å². The van der Waals surface area contributed by atoms with Crippen molar-refractivity contribution in [3.05, 3.63) is 24.7 Å². The number of nitrogens with one attached hydrogen (secondary N) is 2. The van der Waals surface area contributed by atoms with Crippen molar-refractivity contribution in [3.63, 3.8) is 0 Å². The van der Waals surface area contributed by atoms with Crippen molar-refractivity contribution in [2.75, 3.05) is 10.6 Å². The highest BCUT2D eigenvalue weighted by Crippen LogP contribution is 2.29. The molecule has 0 atom stereocenters. The molecule has 0 radical (unpaired) electrons. The summed E-state index contributed by atoms with van der Waals surface area (Å²) >= 11 is 0. The van der Waals surface area contributed by atoms with E-state index in [1.54, 1.807) is 36.4 Å². The van der Waals surface area contributed by atoms with Gasteiger partial charge in [0.2, 0.25) is 0 Å². The fourth-order valence-corrected chi connectivity index (χ4v) is 2.61. The van der Waals surface area contributed by atoms with Gasteiger partial charge >= 0.3 is 11.8 Å². The Hall–Kier alpha value is -2.64. The summed E-state index contributed by atoms with van der Waals surface area (Å²) in [6.07, 6.45) is 9.63. The van der Waals surface area contributed by atoms with E-state index in [0.29, 0.717) is 17.5 Å². The first kappa shape index (κ1) is 14.3. The lowest BCUT2D eigenvalue weighted by Crippen LogP contribution is -2.29. The first-order valence-corrected chi connectivity index (χ1v) is 7.28. The lowest BCUT2D eigenvalue weighted by molar-refractivity contribution is -0.133. The van der Waals surface area contributed by atoms with Crippen LogP contribution in [0.15, 0.2) is 24.7 Å². The SMILES string of the molecule is Cn1ccc(NC(=O)C(=O)Nc2cnn(C3CCCC3)c2)n1. The van der Waals surface area contributed by atoms with Crippen LogP contribution in [0, 0.1) is 0 Å². The Kier molecular flexibility index (Phi) is 3.90. The van der Waals surface area contributed by atoms with Crippen molar-refractivity contribution in [3.8, 4) is 0 Å². The van der Waals surface area contributed by atoms with Gasteiger partial charge in [0.15, 0.2) is 5.82 Å². The van der Waals surface area contributed by atoms with Gasteiger partial charge in [-0.25, -0.2) is 0 Å². The maximum Gasteiger partial charge on any atom is 0.315 e. The van der Waals surface area contributed by atoms with Crippen molar-refractivity contribution in [1.82, 2.24) is 19.6 Å². The van der Waals surface area contributed by atoms with Crippen molar-refractivity contribution in [2.45, 2.75) is 31.7 Å². The van der Waals surface area contributed by atoms with Crippen LogP contribution in [0.25, 0.3) is 0 Å². The molecule has 2 N–H and O–H groups in total. The van der Waals surface area contributed by atoms with Crippen LogP contribution < -0.4 is 10.6 Å². The number of carbonyl (C=O) groups is 2. The molecule has 0 spiro atoms. The molecule has 0 unspecified atom stereocenters. The van der Waals surface area contributed by atoms with Gasteiger partial charge in [-0.1, -0.05) is 12.8 Å². The first-order chi connectivity index (χ1) is 10.6. The summed E-state index contributed by atoms with van der Waals surface area (Å²) < 4.78 is 3.40. The van der Waals surface area contributed by atoms with Crippen LogP contribution in [0.4, 0.5) is 11.5 Å². The second-order valence-electron chi connectivity index (χ2n) is 5.43. The quantitative estimate of drug-likeness (QED) is 0.836. The van der Waals surface area contributed by atoms with Gasteiger partial charge in [-0.15, -0.1) is 0 Å². The van der Waals surface area contributed by atoms with Gasteiger partial charge in [-0.2, -0.15) is 10.2 Å². The Labute approximate surface area is 127 Å². The molecule has 8 heteroatoms. The molecule has 0 aromatic carbocycles. The summed E-state index contributed by atoms with van der Waals surface area (Å²) in [6.45, 7) is 0. The highest BCUT2D eigenvalue weighted by Gasteiger charge is 2.19. The zero-order valence-electron chi connectivity index (χ0n) is 12.3. The Bertz CT molecular complexity index is 683. The van der Waals surface area contributed by atoms with Gasteiger partial charge in [0.1, 0.15) is 0 Å². The van der Waals surface area contributed by atoms with Crippen molar-refractivity contribution in [2.24, 2.45) is 7.05 Å². The molecule has 2 aromatic heterocycles. The summed E-state index contributed by atoms with van der Waals surface area (Å²) in [5.74, 6) is -1.16. The van der Waals surface area contributed by atoms with Crippen LogP contribution in [0.5, 0.6) is 0 Å². The maximum absolute atomic E-state index is 11.9. The predicted octanol–water partition coefficient (Wildman–Crippen LogP) is 1.31. The van der Waals surface area contributed by atoms with Gasteiger partial charge in [0.25, 0.3) is 0 Å². The minimum Gasteiger partial charge on any atom is -0.315 e. The normalized spacial score (nSPS) is 15.0. The third kappa shape index (κ3) is 3.16. The van der Waals surface area contributed by atoms with Gasteiger partial charge < -0.3 is 10.6 Å². The number of carbonyl (C=O) groups excluding carboxylic acids is 2. The third-order valence-electron chi connectivity index (χ3n) is 3.72. The predicted molar refractivity (Wildman–Crippen MR) is 80.2 cm³/mol. The second-order valence-corrected chi connectivity index (χ2v) is 5.43. The van der Waals surface area contributed by atoms with Gasteiger partial charge in [0.05, 0.1) is 17.9 Å². The number of hydrogen-bond donors (Lipinski definition) is 2. The molecule has 116 valence electrons. The maximum atomic E-state index is 11.9. The van der Waals surface area contributed by atoms with Crippen LogP contribution in [0.3, 0.4) is 0 Å². The topological polar surface area (TPSA) is 93.8 Å². The molecular weight excluding hydrogens is 284 g/mol. The van der Waals surface area contributed by atoms with Crippen LogP contribution in [-0.4, -0.2) is 31.4 Å². The molecule has 1 fully saturated rings. The largest absolute Gasteiger partial charge is 0.315 e. The minimum absolute atomic E-state index is 0.337. The number of amides is 2. The molecule has 2 heterocycles. The molecule has 1 aliphatic rings. The molecule has 22 heavy (non-hydrogen) atoms. The van der Waals surface area contributed by atoms with E-state index < -0.39 is 11.8 Å². The Balaban J connectivity index is 1.57. The monoisotopic (exact) mass is 302 g/mol. The van der Waals surface area contributed by atoms with Gasteiger partial charge in [0, 0.05) is 25.5 Å². The van der Waals surface area contributed by atoms with Crippen molar-refractivity contribution < 1.29 is 9.59 Å². The minimum atomic E-state index is -0.757. The number of hydrogen-bond acceptors (Lipinski definition) is 4. The van der Waals surface area contributed by atoms with Crippen LogP contribution in [0.2, 0.25) is 0 Å². The fraction of sp³-hybridized carbons (Fsp3) is 0.429. The van der Waals surface area contributed by atoms with Gasteiger partial charge in [-0.3, -0.25) is 19.0 Å². The molecular formula is C14H18N6O2. The Morgan fingerprint density at radius 2 is 1.95 bits per heavy atom. The van der Waals surface area contributed by atoms with Crippen molar-refractivity contribution in [1.29, 1.82) is 0 Å². The van der Waals surface area contributed by atoms with Crippen LogP contribution >= 0.6 is 0 Å². The number of aromatic nitrogens is 4. The zero-order valence-corrected chi connectivity index (χ0v) is 12.3. The first-order valence-electron chi connectivity index (χ1n) is 7.28. The van der Waals surface area contributed by atoms with E-state index in [9.17, 15) is 9.59 Å². The van der Waals surface area contributed by atoms with E-state index in [1.165, 1.54) is 12.8 Å². The molecule has 8 nitrogen and oxygen atoms in total. The van der Waals surface area contributed by atoms with Gasteiger partial charge in [-0.05, 0) is 12.8 Å². The molecule has 2 aromatic rings. The number of nitrogens with zero attached hydrogens (tertiary/aromatic N) is 4. The summed E-state index contributed by atoms with van der Waals surface area (Å²) in [4.78, 5) is 23.6. The summed E-state index contributed by atoms with van der Waals surface area (Å²) in [5, 5.41) is 13.2. The van der Waals surface area contributed by atoms with E-state index in [1.807, 2.05) is 4.68 Å². The Morgan fingerprint density at radius 1 is 1.23 bits per heavy atom. The smallest absolute Gasteiger partial charge is 0.315 e. The zero-order chi connectivity index (χ0) is 15.5. The standard InChI is InChI=1S/C14H18N6O2/c1-19-7-6-12(18-19)17-14(22)13(21)16-10-8-15-20(9-10)11-4-2-3-5-11/h6-9,11H,2-5H2,1H3,(H,16,21)(H,17,18,22). The number of aryl methyl sites for hydroxylation is 1. The second kappa shape index (κ2) is 6.00. The average molecular weight is 302 g/mol. The summed E-state index contributed by atoms with van der Waals surface area (Å²) in [6, 6.07) is 2.01. The highest BCUT2D eigenvalue weighted by atomic mass is 16.2. The summed E-state index contributed by atoms with van der Waals surface area (Å²) in [5.41, 5.74) is 0.521. The molecule has 1 saturated carbocycles. The molecule has 0 aliphatic heterocycles. The van der Waals surface area contributed by atoms with E-state index in [-0.39, 0.29) is 0 Å². The molecule has 3 rings (SSSR count). The fourth-order valence-electron chi connectivity index (χ4n) is 2.61. The molecule has 1 aliphatic carbocycles. The lowest BCUT2D eigenvalue weighted by Gasteiger charge is -2.08. The van der Waals surface area contributed by atoms with E-state index in [0.717, 1.165) is 12.8 Å². The average Bonchev–Trinajstić information content (AvgIpc) is 3.20.